The first-order valence-electron chi connectivity index (χ1n) is 16.5. The number of rotatable bonds is 9. The molecule has 1 aromatic heterocycles. The van der Waals surface area contributed by atoms with Gasteiger partial charge in [-0.05, 0) is 95.5 Å². The number of aromatic nitrogens is 1. The average Bonchev–Trinajstić information content (AvgIpc) is 3.68. The van der Waals surface area contributed by atoms with Crippen molar-refractivity contribution < 1.29 is 33.0 Å². The Kier molecular flexibility index (Phi) is 10.5. The largest absolute Gasteiger partial charge is 0.461 e. The predicted octanol–water partition coefficient (Wildman–Crippen LogP) is 6.34. The van der Waals surface area contributed by atoms with E-state index < -0.39 is 36.4 Å². The van der Waals surface area contributed by atoms with Crippen molar-refractivity contribution in [1.29, 1.82) is 0 Å². The summed E-state index contributed by atoms with van der Waals surface area (Å²) >= 11 is 0. The van der Waals surface area contributed by atoms with Crippen LogP contribution in [0.25, 0.3) is 10.9 Å². The van der Waals surface area contributed by atoms with E-state index in [9.17, 15) is 23.6 Å². The molecule has 3 amide bonds. The summed E-state index contributed by atoms with van der Waals surface area (Å²) < 4.78 is 24.4. The van der Waals surface area contributed by atoms with E-state index in [-0.39, 0.29) is 36.2 Å². The van der Waals surface area contributed by atoms with Crippen LogP contribution in [0.2, 0.25) is 0 Å². The van der Waals surface area contributed by atoms with Gasteiger partial charge in [-0.25, -0.2) is 14.0 Å². The van der Waals surface area contributed by atoms with E-state index in [1.807, 2.05) is 30.3 Å². The van der Waals surface area contributed by atoms with Crippen molar-refractivity contribution in [2.75, 3.05) is 25.1 Å². The van der Waals surface area contributed by atoms with Gasteiger partial charge in [-0.2, -0.15) is 0 Å². The highest BCUT2D eigenvalue weighted by Gasteiger charge is 2.45. The van der Waals surface area contributed by atoms with Gasteiger partial charge in [0.05, 0.1) is 12.6 Å². The maximum Gasteiger partial charge on any atom is 0.407 e. The quantitative estimate of drug-likeness (QED) is 0.232. The number of esters is 1. The molecule has 1 aliphatic heterocycles. The second-order valence-electron chi connectivity index (χ2n) is 13.5. The molecule has 3 N–H and O–H groups in total. The number of carbonyl (C=O) groups excluding carboxylic acids is 4. The molecule has 47 heavy (non-hydrogen) atoms. The van der Waals surface area contributed by atoms with E-state index >= 15 is 0 Å². The number of H-pyrrole nitrogens is 1. The van der Waals surface area contributed by atoms with Gasteiger partial charge in [-0.15, -0.1) is 0 Å². The van der Waals surface area contributed by atoms with Gasteiger partial charge in [0, 0.05) is 35.0 Å². The fourth-order valence-corrected chi connectivity index (χ4v) is 6.90. The first kappa shape index (κ1) is 33.9. The van der Waals surface area contributed by atoms with E-state index in [0.29, 0.717) is 50.0 Å². The Balaban J connectivity index is 1.29. The Morgan fingerprint density at radius 2 is 1.72 bits per heavy atom. The molecular weight excluding hydrogens is 603 g/mol. The number of nitrogens with zero attached hydrogens (tertiary/aromatic N) is 1. The molecule has 1 saturated carbocycles. The molecule has 252 valence electrons. The van der Waals surface area contributed by atoms with Gasteiger partial charge >= 0.3 is 12.1 Å². The molecular formula is C36H45FN4O6. The Labute approximate surface area is 274 Å². The molecule has 2 fully saturated rings. The molecule has 2 heterocycles. The number of hydrogen-bond acceptors (Lipinski definition) is 6. The van der Waals surface area contributed by atoms with Gasteiger partial charge in [-0.1, -0.05) is 30.3 Å². The summed E-state index contributed by atoms with van der Waals surface area (Å²) in [5, 5.41) is 6.45. The van der Waals surface area contributed by atoms with Gasteiger partial charge < -0.3 is 30.0 Å². The fraction of sp³-hybridized carbons (Fsp3) is 0.500. The number of ether oxygens (including phenoxy) is 2. The number of halogens is 1. The second-order valence-corrected chi connectivity index (χ2v) is 13.5. The van der Waals surface area contributed by atoms with Crippen LogP contribution in [-0.4, -0.2) is 71.3 Å². The van der Waals surface area contributed by atoms with Gasteiger partial charge in [-0.3, -0.25) is 9.59 Å². The van der Waals surface area contributed by atoms with Crippen LogP contribution in [0.1, 0.15) is 81.8 Å². The predicted molar refractivity (Wildman–Crippen MR) is 177 cm³/mol. The molecule has 3 aromatic rings. The number of hydrogen-bond donors (Lipinski definition) is 3. The minimum Gasteiger partial charge on any atom is -0.461 e. The number of benzene rings is 2. The van der Waals surface area contributed by atoms with E-state index in [4.69, 9.17) is 9.47 Å². The normalized spacial score (nSPS) is 22.0. The molecule has 10 nitrogen and oxygen atoms in total. The summed E-state index contributed by atoms with van der Waals surface area (Å²) in [6, 6.07) is 15.4. The SMILES string of the molecule is CCOC(=O)c1cc2cc(NC(=O)[C@@H]3[C@H](c4ccccc4)CCN3C(=O)C3CCC([C@@H](CF)NC(=O)OC(C)(C)C)CC3)ccc2[nH]1. The molecule has 0 radical (unpaired) electrons. The van der Waals surface area contributed by atoms with Crippen LogP contribution in [-0.2, 0) is 19.1 Å². The van der Waals surface area contributed by atoms with Gasteiger partial charge in [0.2, 0.25) is 11.8 Å². The Bertz CT molecular complexity index is 1580. The zero-order valence-corrected chi connectivity index (χ0v) is 27.5. The topological polar surface area (TPSA) is 130 Å². The van der Waals surface area contributed by atoms with Crippen LogP contribution in [0.15, 0.2) is 54.6 Å². The minimum atomic E-state index is -0.716. The number of alkyl carbamates (subject to hydrolysis) is 1. The zero-order chi connectivity index (χ0) is 33.7. The van der Waals surface area contributed by atoms with Crippen LogP contribution >= 0.6 is 0 Å². The lowest BCUT2D eigenvalue weighted by Gasteiger charge is -2.36. The first-order chi connectivity index (χ1) is 22.5. The van der Waals surface area contributed by atoms with Crippen LogP contribution < -0.4 is 10.6 Å². The number of carbonyl (C=O) groups is 4. The highest BCUT2D eigenvalue weighted by Crippen LogP contribution is 2.39. The third kappa shape index (κ3) is 8.12. The van der Waals surface area contributed by atoms with Crippen LogP contribution in [0.3, 0.4) is 0 Å². The molecule has 2 aliphatic rings. The number of alkyl halides is 1. The maximum atomic E-state index is 14.1. The van der Waals surface area contributed by atoms with E-state index in [0.717, 1.165) is 16.5 Å². The number of nitrogens with one attached hydrogen (secondary N) is 3. The summed E-state index contributed by atoms with van der Waals surface area (Å²) in [5.74, 6) is -1.39. The van der Waals surface area contributed by atoms with E-state index in [1.54, 1.807) is 56.9 Å². The molecule has 1 saturated heterocycles. The average molecular weight is 649 g/mol. The lowest BCUT2D eigenvalue weighted by molar-refractivity contribution is -0.141. The third-order valence-corrected chi connectivity index (χ3v) is 9.12. The smallest absolute Gasteiger partial charge is 0.407 e. The van der Waals surface area contributed by atoms with Crippen molar-refractivity contribution in [3.63, 3.8) is 0 Å². The van der Waals surface area contributed by atoms with Crippen LogP contribution in [0.5, 0.6) is 0 Å². The third-order valence-electron chi connectivity index (χ3n) is 9.12. The number of likely N-dealkylation sites (tertiary alicyclic amines) is 1. The van der Waals surface area contributed by atoms with Crippen molar-refractivity contribution >= 4 is 40.5 Å². The van der Waals surface area contributed by atoms with E-state index in [2.05, 4.69) is 15.6 Å². The number of fused-ring (bicyclic) bond motifs is 1. The van der Waals surface area contributed by atoms with Crippen molar-refractivity contribution in [2.24, 2.45) is 11.8 Å². The van der Waals surface area contributed by atoms with Crippen LogP contribution in [0.4, 0.5) is 14.9 Å². The second kappa shape index (κ2) is 14.6. The molecule has 0 unspecified atom stereocenters. The minimum absolute atomic E-state index is 0.0703. The molecule has 2 aromatic carbocycles. The highest BCUT2D eigenvalue weighted by atomic mass is 19.1. The standard InChI is InChI=1S/C36H45FN4O6/c1-5-46-34(44)29-20-25-19-26(15-16-28(25)39-29)38-32(42)31-27(22-9-7-6-8-10-22)17-18-41(31)33(43)24-13-11-23(12-14-24)30(21-37)40-35(45)47-36(2,3)4/h6-10,15-16,19-20,23-24,27,30-31,39H,5,11-14,17-18,21H2,1-4H3,(H,38,42)(H,40,45)/t23?,24?,27-,30+,31-/m0/s1. The maximum absolute atomic E-state index is 14.1. The Morgan fingerprint density at radius 3 is 2.38 bits per heavy atom. The summed E-state index contributed by atoms with van der Waals surface area (Å²) in [4.78, 5) is 57.4. The molecule has 0 spiro atoms. The summed E-state index contributed by atoms with van der Waals surface area (Å²) in [5.41, 5.74) is 1.92. The highest BCUT2D eigenvalue weighted by molar-refractivity contribution is 6.01. The van der Waals surface area contributed by atoms with Crippen molar-refractivity contribution in [2.45, 2.75) is 83.4 Å². The lowest BCUT2D eigenvalue weighted by atomic mass is 9.78. The first-order valence-corrected chi connectivity index (χ1v) is 16.5. The molecule has 3 atom stereocenters. The zero-order valence-electron chi connectivity index (χ0n) is 27.5. The molecule has 11 heteroatoms. The Hall–Kier alpha value is -4.41. The Morgan fingerprint density at radius 1 is 1.00 bits per heavy atom. The van der Waals surface area contributed by atoms with Gasteiger partial charge in [0.1, 0.15) is 24.0 Å². The van der Waals surface area contributed by atoms with Crippen molar-refractivity contribution in [3.05, 3.63) is 65.9 Å². The molecule has 0 bridgehead atoms. The lowest BCUT2D eigenvalue weighted by Crippen LogP contribution is -2.49. The number of aromatic amines is 1. The van der Waals surface area contributed by atoms with Gasteiger partial charge in [0.15, 0.2) is 0 Å². The summed E-state index contributed by atoms with van der Waals surface area (Å²) in [7, 11) is 0. The van der Waals surface area contributed by atoms with E-state index in [1.165, 1.54) is 0 Å². The van der Waals surface area contributed by atoms with Crippen molar-refractivity contribution in [3.8, 4) is 0 Å². The summed E-state index contributed by atoms with van der Waals surface area (Å²) in [6.45, 7) is 7.01. The van der Waals surface area contributed by atoms with Crippen molar-refractivity contribution in [1.82, 2.24) is 15.2 Å². The number of anilines is 1. The molecule has 5 rings (SSSR count). The van der Waals surface area contributed by atoms with Gasteiger partial charge in [0.25, 0.3) is 0 Å². The van der Waals surface area contributed by atoms with Crippen LogP contribution in [0, 0.1) is 11.8 Å². The monoisotopic (exact) mass is 648 g/mol. The number of amides is 3. The molecule has 1 aliphatic carbocycles. The summed E-state index contributed by atoms with van der Waals surface area (Å²) in [6.07, 6.45) is 2.25. The fourth-order valence-electron chi connectivity index (χ4n) is 6.90.